The Morgan fingerprint density at radius 3 is 2.18 bits per heavy atom. The maximum atomic E-state index is 11.8. The van der Waals surface area contributed by atoms with Crippen LogP contribution in [0.5, 0.6) is 0 Å². The minimum absolute atomic E-state index is 0.000370. The van der Waals surface area contributed by atoms with Crippen LogP contribution in [0.25, 0.3) is 5.57 Å². The van der Waals surface area contributed by atoms with Crippen molar-refractivity contribution in [2.45, 2.75) is 10.5 Å². The van der Waals surface area contributed by atoms with Crippen LogP contribution in [-0.4, -0.2) is 30.0 Å². The number of hydrogen-bond acceptors (Lipinski definition) is 6. The molecule has 0 bridgehead atoms. The second-order valence-corrected chi connectivity index (χ2v) is 8.28. The Bertz CT molecular complexity index is 852. The molecular formula is C12H14N2O6S2. The summed E-state index contributed by atoms with van der Waals surface area (Å²) in [6.45, 7) is 0. The molecule has 0 saturated carbocycles. The number of rotatable bonds is 3. The summed E-state index contributed by atoms with van der Waals surface area (Å²) in [6.07, 6.45) is 3.08. The van der Waals surface area contributed by atoms with Gasteiger partial charge in [-0.1, -0.05) is 30.4 Å². The summed E-state index contributed by atoms with van der Waals surface area (Å²) in [5.41, 5.74) is 11.1. The Morgan fingerprint density at radius 1 is 1.05 bits per heavy atom. The smallest absolute Gasteiger partial charge is 0.292 e. The van der Waals surface area contributed by atoms with E-state index in [0.29, 0.717) is 0 Å². The van der Waals surface area contributed by atoms with Crippen molar-refractivity contribution >= 4 is 37.2 Å². The molecule has 0 saturated heterocycles. The van der Waals surface area contributed by atoms with Crippen molar-refractivity contribution in [3.05, 3.63) is 42.0 Å². The first-order chi connectivity index (χ1) is 10.0. The number of anilines is 2. The van der Waals surface area contributed by atoms with Gasteiger partial charge in [0.05, 0.1) is 11.4 Å². The summed E-state index contributed by atoms with van der Waals surface area (Å²) in [5, 5.41) is 0. The maximum Gasteiger partial charge on any atom is 0.292 e. The standard InChI is InChI=1S/C12H14N2O6S2/c13-10-6-3-4-8(11(10)14)9-5-1-2-7-12(9,21(15,16)17)22(18,19)20/h1-6H,7,13-14H2,(H,15,16,17)(H,18,19,20). The zero-order chi connectivity index (χ0) is 16.8. The van der Waals surface area contributed by atoms with Crippen molar-refractivity contribution in [1.29, 1.82) is 0 Å². The van der Waals surface area contributed by atoms with Crippen molar-refractivity contribution in [2.24, 2.45) is 0 Å². The summed E-state index contributed by atoms with van der Waals surface area (Å²) in [6, 6.07) is 4.24. The van der Waals surface area contributed by atoms with Gasteiger partial charge in [-0.05, 0) is 6.07 Å². The van der Waals surface area contributed by atoms with Crippen LogP contribution in [0.4, 0.5) is 11.4 Å². The average Bonchev–Trinajstić information content (AvgIpc) is 2.39. The highest BCUT2D eigenvalue weighted by Gasteiger charge is 2.58. The van der Waals surface area contributed by atoms with Gasteiger partial charge in [0.25, 0.3) is 24.3 Å². The summed E-state index contributed by atoms with van der Waals surface area (Å²) in [4.78, 5) is 0. The molecule has 1 aliphatic carbocycles. The molecule has 1 aliphatic rings. The zero-order valence-corrected chi connectivity index (χ0v) is 12.8. The SMILES string of the molecule is Nc1cccc(C2=CC=CCC2(S(=O)(=O)O)S(=O)(=O)O)c1N. The van der Waals surface area contributed by atoms with E-state index in [1.54, 1.807) is 0 Å². The molecule has 0 spiro atoms. The molecule has 0 unspecified atom stereocenters. The number of benzene rings is 1. The number of nitrogen functional groups attached to an aromatic ring is 2. The van der Waals surface area contributed by atoms with Gasteiger partial charge in [0, 0.05) is 17.6 Å². The fourth-order valence-corrected chi connectivity index (χ4v) is 4.95. The predicted octanol–water partition coefficient (Wildman–Crippen LogP) is 0.666. The number of nitrogens with two attached hydrogens (primary N) is 2. The number of para-hydroxylation sites is 1. The minimum Gasteiger partial charge on any atom is -0.397 e. The molecule has 0 amide bonds. The van der Waals surface area contributed by atoms with Gasteiger partial charge >= 0.3 is 0 Å². The first kappa shape index (κ1) is 16.5. The molecule has 8 nitrogen and oxygen atoms in total. The Hall–Kier alpha value is -1.88. The van der Waals surface area contributed by atoms with Crippen molar-refractivity contribution in [3.63, 3.8) is 0 Å². The summed E-state index contributed by atoms with van der Waals surface area (Å²) < 4.78 is 63.3. The largest absolute Gasteiger partial charge is 0.397 e. The fourth-order valence-electron chi connectivity index (χ4n) is 2.36. The second kappa shape index (κ2) is 5.09. The van der Waals surface area contributed by atoms with Gasteiger partial charge in [-0.15, -0.1) is 0 Å². The first-order valence-corrected chi connectivity index (χ1v) is 8.86. The monoisotopic (exact) mass is 346 g/mol. The molecule has 0 fully saturated rings. The van der Waals surface area contributed by atoms with E-state index in [4.69, 9.17) is 11.5 Å². The van der Waals surface area contributed by atoms with Crippen LogP contribution in [0.1, 0.15) is 12.0 Å². The normalized spacial score (nSPS) is 18.0. The van der Waals surface area contributed by atoms with E-state index in [1.807, 2.05) is 0 Å². The van der Waals surface area contributed by atoms with Crippen molar-refractivity contribution in [3.8, 4) is 0 Å². The molecule has 0 atom stereocenters. The second-order valence-electron chi connectivity index (χ2n) is 4.72. The quantitative estimate of drug-likeness (QED) is 0.458. The molecular weight excluding hydrogens is 332 g/mol. The maximum absolute atomic E-state index is 11.8. The van der Waals surface area contributed by atoms with Crippen LogP contribution in [0.3, 0.4) is 0 Å². The van der Waals surface area contributed by atoms with Gasteiger partial charge < -0.3 is 11.5 Å². The molecule has 1 aromatic rings. The Balaban J connectivity index is 2.90. The molecule has 10 heteroatoms. The molecule has 0 radical (unpaired) electrons. The highest BCUT2D eigenvalue weighted by atomic mass is 32.3. The van der Waals surface area contributed by atoms with E-state index in [2.05, 4.69) is 0 Å². The van der Waals surface area contributed by atoms with Crippen molar-refractivity contribution in [1.82, 2.24) is 0 Å². The lowest BCUT2D eigenvalue weighted by Gasteiger charge is -2.31. The Kier molecular flexibility index (Phi) is 3.81. The average molecular weight is 346 g/mol. The predicted molar refractivity (Wildman–Crippen MR) is 82.8 cm³/mol. The lowest BCUT2D eigenvalue weighted by atomic mass is 9.94. The third-order valence-electron chi connectivity index (χ3n) is 3.46. The Morgan fingerprint density at radius 2 is 1.64 bits per heavy atom. The van der Waals surface area contributed by atoms with E-state index < -0.39 is 30.7 Å². The van der Waals surface area contributed by atoms with Crippen LogP contribution in [0.15, 0.2) is 36.4 Å². The summed E-state index contributed by atoms with van der Waals surface area (Å²) in [5.74, 6) is 0. The lowest BCUT2D eigenvalue weighted by molar-refractivity contribution is 0.440. The molecule has 22 heavy (non-hydrogen) atoms. The highest BCUT2D eigenvalue weighted by Crippen LogP contribution is 2.45. The van der Waals surface area contributed by atoms with Crippen molar-refractivity contribution < 1.29 is 25.9 Å². The topological polar surface area (TPSA) is 161 Å². The number of allylic oxidation sites excluding steroid dienone is 3. The van der Waals surface area contributed by atoms with Gasteiger partial charge in [-0.25, -0.2) is 0 Å². The van der Waals surface area contributed by atoms with Gasteiger partial charge in [0.15, 0.2) is 0 Å². The molecule has 0 aliphatic heterocycles. The van der Waals surface area contributed by atoms with E-state index >= 15 is 0 Å². The van der Waals surface area contributed by atoms with Crippen LogP contribution in [0.2, 0.25) is 0 Å². The Labute approximate surface area is 127 Å². The van der Waals surface area contributed by atoms with Crippen LogP contribution < -0.4 is 11.5 Å². The zero-order valence-electron chi connectivity index (χ0n) is 11.2. The summed E-state index contributed by atoms with van der Waals surface area (Å²) >= 11 is 0. The van der Waals surface area contributed by atoms with Gasteiger partial charge in [0.2, 0.25) is 0 Å². The van der Waals surface area contributed by atoms with E-state index in [1.165, 1.54) is 30.4 Å². The van der Waals surface area contributed by atoms with E-state index in [0.717, 1.165) is 6.08 Å². The van der Waals surface area contributed by atoms with Gasteiger partial charge in [-0.2, -0.15) is 16.8 Å². The lowest BCUT2D eigenvalue weighted by Crippen LogP contribution is -2.47. The van der Waals surface area contributed by atoms with Crippen LogP contribution in [0, 0.1) is 0 Å². The fraction of sp³-hybridized carbons (Fsp3) is 0.167. The molecule has 2 rings (SSSR count). The van der Waals surface area contributed by atoms with E-state index in [-0.39, 0.29) is 22.5 Å². The van der Waals surface area contributed by atoms with Crippen LogP contribution in [-0.2, 0) is 20.2 Å². The van der Waals surface area contributed by atoms with E-state index in [9.17, 15) is 25.9 Å². The first-order valence-electron chi connectivity index (χ1n) is 5.98. The molecule has 0 heterocycles. The van der Waals surface area contributed by atoms with Gasteiger partial charge in [-0.3, -0.25) is 9.11 Å². The molecule has 120 valence electrons. The third-order valence-corrected chi connectivity index (χ3v) is 7.16. The van der Waals surface area contributed by atoms with Crippen LogP contribution >= 0.6 is 0 Å². The molecule has 0 aromatic heterocycles. The molecule has 6 N–H and O–H groups in total. The highest BCUT2D eigenvalue weighted by molar-refractivity contribution is 8.06. The number of hydrogen-bond donors (Lipinski definition) is 4. The molecule has 1 aromatic carbocycles. The van der Waals surface area contributed by atoms with Crippen molar-refractivity contribution in [2.75, 3.05) is 11.5 Å². The van der Waals surface area contributed by atoms with Gasteiger partial charge in [0.1, 0.15) is 0 Å². The summed E-state index contributed by atoms with van der Waals surface area (Å²) in [7, 11) is -10.5. The third kappa shape index (κ3) is 2.29. The minimum atomic E-state index is -5.23.